The summed E-state index contributed by atoms with van der Waals surface area (Å²) in [6.45, 7) is 4.40. The van der Waals surface area contributed by atoms with Crippen molar-refractivity contribution in [2.45, 2.75) is 70.8 Å². The smallest absolute Gasteiger partial charge is 0.220 e. The van der Waals surface area contributed by atoms with Crippen LogP contribution in [-0.2, 0) is 11.2 Å². The maximum absolute atomic E-state index is 11.9. The third kappa shape index (κ3) is 4.66. The van der Waals surface area contributed by atoms with Crippen molar-refractivity contribution in [1.29, 1.82) is 0 Å². The number of carbonyl (C=O) groups excluding carboxylic acids is 1. The molecule has 1 N–H and O–H groups in total. The molecule has 0 saturated heterocycles. The Hall–Kier alpha value is -1.31. The van der Waals surface area contributed by atoms with Gasteiger partial charge >= 0.3 is 0 Å². The zero-order valence-corrected chi connectivity index (χ0v) is 12.8. The van der Waals surface area contributed by atoms with E-state index < -0.39 is 0 Å². The molecule has 0 heterocycles. The van der Waals surface area contributed by atoms with E-state index in [0.29, 0.717) is 18.4 Å². The Morgan fingerprint density at radius 3 is 2.40 bits per heavy atom. The molecule has 2 nitrogen and oxygen atoms in total. The molecule has 1 aliphatic rings. The van der Waals surface area contributed by atoms with Crippen LogP contribution < -0.4 is 5.32 Å². The summed E-state index contributed by atoms with van der Waals surface area (Å²) >= 11 is 0. The molecule has 2 rings (SSSR count). The van der Waals surface area contributed by atoms with Crippen LogP contribution in [0.2, 0.25) is 0 Å². The van der Waals surface area contributed by atoms with Gasteiger partial charge < -0.3 is 5.32 Å². The second-order valence-corrected chi connectivity index (χ2v) is 6.30. The third-order valence-electron chi connectivity index (χ3n) is 4.26. The Morgan fingerprint density at radius 2 is 1.80 bits per heavy atom. The number of carbonyl (C=O) groups is 1. The molecule has 1 fully saturated rings. The molecule has 20 heavy (non-hydrogen) atoms. The van der Waals surface area contributed by atoms with E-state index in [4.69, 9.17) is 0 Å². The van der Waals surface area contributed by atoms with E-state index in [-0.39, 0.29) is 5.91 Å². The standard InChI is InChI=1S/C18H27NO/c1-14(2)16-11-8-15(9-12-16)10-13-18(20)19-17-6-4-3-5-7-17/h8-9,11-12,14,17H,3-7,10,13H2,1-2H3,(H,19,20). The predicted octanol–water partition coefficient (Wildman–Crippen LogP) is 4.19. The number of hydrogen-bond acceptors (Lipinski definition) is 1. The van der Waals surface area contributed by atoms with Crippen molar-refractivity contribution in [3.8, 4) is 0 Å². The van der Waals surface area contributed by atoms with Crippen LogP contribution in [0.3, 0.4) is 0 Å². The normalized spacial score (nSPS) is 16.4. The second-order valence-electron chi connectivity index (χ2n) is 6.30. The summed E-state index contributed by atoms with van der Waals surface area (Å²) < 4.78 is 0. The van der Waals surface area contributed by atoms with Crippen LogP contribution in [0.4, 0.5) is 0 Å². The van der Waals surface area contributed by atoms with E-state index in [2.05, 4.69) is 43.4 Å². The van der Waals surface area contributed by atoms with Gasteiger partial charge in [0.1, 0.15) is 0 Å². The quantitative estimate of drug-likeness (QED) is 0.856. The summed E-state index contributed by atoms with van der Waals surface area (Å²) in [5.74, 6) is 0.781. The van der Waals surface area contributed by atoms with Crippen molar-refractivity contribution in [3.05, 3.63) is 35.4 Å². The highest BCUT2D eigenvalue weighted by Gasteiger charge is 2.15. The van der Waals surface area contributed by atoms with Crippen molar-refractivity contribution in [2.24, 2.45) is 0 Å². The highest BCUT2D eigenvalue weighted by atomic mass is 16.1. The Labute approximate surface area is 123 Å². The molecule has 1 saturated carbocycles. The number of hydrogen-bond donors (Lipinski definition) is 1. The molecule has 0 atom stereocenters. The molecule has 0 radical (unpaired) electrons. The molecule has 1 aromatic rings. The molecular formula is C18H27NO. The minimum atomic E-state index is 0.213. The minimum Gasteiger partial charge on any atom is -0.353 e. The summed E-state index contributed by atoms with van der Waals surface area (Å²) in [6, 6.07) is 9.10. The van der Waals surface area contributed by atoms with Crippen LogP contribution in [0, 0.1) is 0 Å². The second kappa shape index (κ2) is 7.47. The molecule has 0 unspecified atom stereocenters. The number of nitrogens with one attached hydrogen (secondary N) is 1. The van der Waals surface area contributed by atoms with Gasteiger partial charge in [-0.15, -0.1) is 0 Å². The highest BCUT2D eigenvalue weighted by molar-refractivity contribution is 5.76. The van der Waals surface area contributed by atoms with E-state index in [9.17, 15) is 4.79 Å². The van der Waals surface area contributed by atoms with Gasteiger partial charge in [-0.05, 0) is 36.3 Å². The first-order valence-corrected chi connectivity index (χ1v) is 8.03. The lowest BCUT2D eigenvalue weighted by molar-refractivity contribution is -0.121. The molecule has 1 aromatic carbocycles. The van der Waals surface area contributed by atoms with Gasteiger partial charge in [0.2, 0.25) is 5.91 Å². The van der Waals surface area contributed by atoms with Gasteiger partial charge in [0.15, 0.2) is 0 Å². The topological polar surface area (TPSA) is 29.1 Å². The van der Waals surface area contributed by atoms with Crippen LogP contribution in [0.1, 0.15) is 69.4 Å². The van der Waals surface area contributed by atoms with Crippen molar-refractivity contribution in [2.75, 3.05) is 0 Å². The molecule has 2 heteroatoms. The fourth-order valence-corrected chi connectivity index (χ4v) is 2.87. The van der Waals surface area contributed by atoms with Crippen LogP contribution in [0.25, 0.3) is 0 Å². The molecule has 0 aromatic heterocycles. The lowest BCUT2D eigenvalue weighted by Crippen LogP contribution is -2.36. The summed E-state index contributed by atoms with van der Waals surface area (Å²) in [5, 5.41) is 3.18. The zero-order chi connectivity index (χ0) is 14.4. The summed E-state index contributed by atoms with van der Waals surface area (Å²) in [4.78, 5) is 11.9. The molecule has 0 spiro atoms. The van der Waals surface area contributed by atoms with Crippen LogP contribution in [0.15, 0.2) is 24.3 Å². The Balaban J connectivity index is 1.74. The van der Waals surface area contributed by atoms with Gasteiger partial charge in [-0.1, -0.05) is 57.4 Å². The van der Waals surface area contributed by atoms with E-state index in [1.54, 1.807) is 0 Å². The average molecular weight is 273 g/mol. The zero-order valence-electron chi connectivity index (χ0n) is 12.8. The fraction of sp³-hybridized carbons (Fsp3) is 0.611. The van der Waals surface area contributed by atoms with E-state index in [1.165, 1.54) is 30.4 Å². The van der Waals surface area contributed by atoms with Gasteiger partial charge in [0.05, 0.1) is 0 Å². The minimum absolute atomic E-state index is 0.213. The molecule has 110 valence electrons. The van der Waals surface area contributed by atoms with Crippen molar-refractivity contribution >= 4 is 5.91 Å². The SMILES string of the molecule is CC(C)c1ccc(CCC(=O)NC2CCCCC2)cc1. The van der Waals surface area contributed by atoms with E-state index >= 15 is 0 Å². The number of aryl methyl sites for hydroxylation is 1. The summed E-state index contributed by atoms with van der Waals surface area (Å²) in [7, 11) is 0. The monoisotopic (exact) mass is 273 g/mol. The first-order chi connectivity index (χ1) is 9.65. The van der Waals surface area contributed by atoms with Gasteiger partial charge in [-0.25, -0.2) is 0 Å². The highest BCUT2D eigenvalue weighted by Crippen LogP contribution is 2.18. The molecule has 0 aliphatic heterocycles. The van der Waals surface area contributed by atoms with Crippen LogP contribution in [-0.4, -0.2) is 11.9 Å². The summed E-state index contributed by atoms with van der Waals surface area (Å²) in [5.41, 5.74) is 2.62. The predicted molar refractivity (Wildman–Crippen MR) is 83.9 cm³/mol. The van der Waals surface area contributed by atoms with Gasteiger partial charge in [0, 0.05) is 12.5 Å². The van der Waals surface area contributed by atoms with Crippen molar-refractivity contribution in [3.63, 3.8) is 0 Å². The van der Waals surface area contributed by atoms with E-state index in [0.717, 1.165) is 19.3 Å². The van der Waals surface area contributed by atoms with Crippen molar-refractivity contribution < 1.29 is 4.79 Å². The van der Waals surface area contributed by atoms with Gasteiger partial charge in [-0.2, -0.15) is 0 Å². The molecule has 1 aliphatic carbocycles. The lowest BCUT2D eigenvalue weighted by atomic mass is 9.95. The number of benzene rings is 1. The third-order valence-corrected chi connectivity index (χ3v) is 4.26. The number of amides is 1. The van der Waals surface area contributed by atoms with Crippen LogP contribution >= 0.6 is 0 Å². The van der Waals surface area contributed by atoms with Gasteiger partial charge in [-0.3, -0.25) is 4.79 Å². The maximum atomic E-state index is 11.9. The molecular weight excluding hydrogens is 246 g/mol. The van der Waals surface area contributed by atoms with Crippen LogP contribution in [0.5, 0.6) is 0 Å². The Bertz CT molecular complexity index is 416. The first-order valence-electron chi connectivity index (χ1n) is 8.03. The van der Waals surface area contributed by atoms with Gasteiger partial charge in [0.25, 0.3) is 0 Å². The Kier molecular flexibility index (Phi) is 5.63. The first kappa shape index (κ1) is 15.1. The molecule has 0 bridgehead atoms. The number of rotatable bonds is 5. The van der Waals surface area contributed by atoms with Crippen molar-refractivity contribution in [1.82, 2.24) is 5.32 Å². The maximum Gasteiger partial charge on any atom is 0.220 e. The summed E-state index contributed by atoms with van der Waals surface area (Å²) in [6.07, 6.45) is 7.63. The largest absolute Gasteiger partial charge is 0.353 e. The molecule has 1 amide bonds. The average Bonchev–Trinajstić information content (AvgIpc) is 2.46. The van der Waals surface area contributed by atoms with E-state index in [1.807, 2.05) is 0 Å². The Morgan fingerprint density at radius 1 is 1.15 bits per heavy atom. The lowest BCUT2D eigenvalue weighted by Gasteiger charge is -2.22. The fourth-order valence-electron chi connectivity index (χ4n) is 2.87.